The molecule has 2 aromatic heterocycles. The lowest BCUT2D eigenvalue weighted by Crippen LogP contribution is -2.00. The van der Waals surface area contributed by atoms with Crippen molar-refractivity contribution in [3.8, 4) is 5.69 Å². The zero-order valence-electron chi connectivity index (χ0n) is 12.3. The first-order chi connectivity index (χ1) is 11.7. The van der Waals surface area contributed by atoms with Crippen molar-refractivity contribution in [3.63, 3.8) is 0 Å². The van der Waals surface area contributed by atoms with Crippen molar-refractivity contribution >= 4 is 22.5 Å². The third-order valence-electron chi connectivity index (χ3n) is 3.51. The molecule has 0 aliphatic carbocycles. The van der Waals surface area contributed by atoms with Crippen molar-refractivity contribution in [3.05, 3.63) is 72.7 Å². The number of rotatable bonds is 3. The van der Waals surface area contributed by atoms with E-state index in [0.717, 1.165) is 0 Å². The summed E-state index contributed by atoms with van der Waals surface area (Å²) < 4.78 is 28.3. The number of fused-ring (bicyclic) bond motifs is 1. The number of aromatic nitrogens is 4. The molecule has 0 saturated carbocycles. The first-order valence-corrected chi connectivity index (χ1v) is 7.18. The number of anilines is 2. The minimum atomic E-state index is -0.358. The highest BCUT2D eigenvalue weighted by molar-refractivity contribution is 5.89. The summed E-state index contributed by atoms with van der Waals surface area (Å²) in [5.74, 6) is -0.211. The highest BCUT2D eigenvalue weighted by Crippen LogP contribution is 2.24. The Bertz CT molecular complexity index is 1030. The van der Waals surface area contributed by atoms with Crippen LogP contribution in [-0.4, -0.2) is 19.7 Å². The molecule has 5 nitrogen and oxygen atoms in total. The van der Waals surface area contributed by atoms with Gasteiger partial charge in [0.25, 0.3) is 0 Å². The van der Waals surface area contributed by atoms with E-state index in [1.165, 1.54) is 35.3 Å². The molecule has 0 aliphatic rings. The van der Waals surface area contributed by atoms with E-state index in [4.69, 9.17) is 0 Å². The molecule has 24 heavy (non-hydrogen) atoms. The summed E-state index contributed by atoms with van der Waals surface area (Å²) in [6.07, 6.45) is 2.96. The number of halogens is 2. The first kappa shape index (κ1) is 14.3. The van der Waals surface area contributed by atoms with Crippen LogP contribution in [0.3, 0.4) is 0 Å². The lowest BCUT2D eigenvalue weighted by atomic mass is 10.3. The number of hydrogen-bond donors (Lipinski definition) is 1. The number of nitrogens with one attached hydrogen (secondary N) is 1. The second-order valence-electron chi connectivity index (χ2n) is 5.13. The topological polar surface area (TPSA) is 55.6 Å². The Labute approximate surface area is 135 Å². The lowest BCUT2D eigenvalue weighted by Gasteiger charge is -2.07. The predicted molar refractivity (Wildman–Crippen MR) is 86.3 cm³/mol. The molecule has 4 rings (SSSR count). The van der Waals surface area contributed by atoms with E-state index in [9.17, 15) is 8.78 Å². The van der Waals surface area contributed by atoms with Crippen LogP contribution in [0.1, 0.15) is 0 Å². The molecular weight excluding hydrogens is 312 g/mol. The van der Waals surface area contributed by atoms with Crippen molar-refractivity contribution in [2.45, 2.75) is 0 Å². The lowest BCUT2D eigenvalue weighted by molar-refractivity contribution is 0.625. The van der Waals surface area contributed by atoms with Crippen LogP contribution in [0.15, 0.2) is 61.1 Å². The molecular formula is C17H11F2N5. The fourth-order valence-corrected chi connectivity index (χ4v) is 2.44. The van der Waals surface area contributed by atoms with Crippen LogP contribution in [0.2, 0.25) is 0 Å². The molecule has 0 spiro atoms. The quantitative estimate of drug-likeness (QED) is 0.622. The second-order valence-corrected chi connectivity index (χ2v) is 5.13. The maximum atomic E-state index is 13.4. The molecule has 2 heterocycles. The fraction of sp³-hybridized carbons (Fsp3) is 0. The van der Waals surface area contributed by atoms with E-state index in [0.29, 0.717) is 28.2 Å². The molecule has 0 radical (unpaired) electrons. The minimum absolute atomic E-state index is 0.347. The van der Waals surface area contributed by atoms with E-state index in [-0.39, 0.29) is 11.6 Å². The molecule has 0 unspecified atom stereocenters. The molecule has 0 atom stereocenters. The molecule has 118 valence electrons. The van der Waals surface area contributed by atoms with Crippen LogP contribution in [0, 0.1) is 11.6 Å². The fourth-order valence-electron chi connectivity index (χ4n) is 2.44. The van der Waals surface area contributed by atoms with Gasteiger partial charge in [-0.2, -0.15) is 5.10 Å². The monoisotopic (exact) mass is 323 g/mol. The van der Waals surface area contributed by atoms with Gasteiger partial charge in [-0.15, -0.1) is 0 Å². The Morgan fingerprint density at radius 2 is 1.71 bits per heavy atom. The van der Waals surface area contributed by atoms with Gasteiger partial charge in [-0.05, 0) is 36.4 Å². The molecule has 2 aromatic carbocycles. The molecule has 0 bridgehead atoms. The summed E-state index contributed by atoms with van der Waals surface area (Å²) in [7, 11) is 0. The highest BCUT2D eigenvalue weighted by atomic mass is 19.1. The van der Waals surface area contributed by atoms with Gasteiger partial charge in [-0.3, -0.25) is 0 Å². The summed E-state index contributed by atoms with van der Waals surface area (Å²) in [5, 5.41) is 7.95. The maximum absolute atomic E-state index is 13.4. The van der Waals surface area contributed by atoms with Gasteiger partial charge in [0.15, 0.2) is 5.65 Å². The summed E-state index contributed by atoms with van der Waals surface area (Å²) in [6, 6.07) is 12.1. The van der Waals surface area contributed by atoms with Crippen LogP contribution in [0.4, 0.5) is 20.3 Å². The largest absolute Gasteiger partial charge is 0.339 e. The minimum Gasteiger partial charge on any atom is -0.339 e. The smallest absolute Gasteiger partial charge is 0.168 e. The van der Waals surface area contributed by atoms with Gasteiger partial charge < -0.3 is 5.32 Å². The number of nitrogens with zero attached hydrogens (tertiary/aromatic N) is 4. The Balaban J connectivity index is 1.79. The van der Waals surface area contributed by atoms with Gasteiger partial charge >= 0.3 is 0 Å². The third-order valence-corrected chi connectivity index (χ3v) is 3.51. The van der Waals surface area contributed by atoms with Crippen molar-refractivity contribution in [2.24, 2.45) is 0 Å². The second kappa shape index (κ2) is 5.69. The normalized spacial score (nSPS) is 10.9. The maximum Gasteiger partial charge on any atom is 0.168 e. The van der Waals surface area contributed by atoms with Gasteiger partial charge in [0.1, 0.15) is 23.8 Å². The average molecular weight is 323 g/mol. The van der Waals surface area contributed by atoms with E-state index in [2.05, 4.69) is 20.4 Å². The van der Waals surface area contributed by atoms with E-state index < -0.39 is 0 Å². The Hall–Kier alpha value is -3.35. The summed E-state index contributed by atoms with van der Waals surface area (Å²) in [5.41, 5.74) is 1.64. The zero-order valence-corrected chi connectivity index (χ0v) is 12.3. The summed E-state index contributed by atoms with van der Waals surface area (Å²) in [6.45, 7) is 0. The number of benzene rings is 2. The van der Waals surface area contributed by atoms with Gasteiger partial charge in [-0.25, -0.2) is 23.4 Å². The van der Waals surface area contributed by atoms with Gasteiger partial charge in [-0.1, -0.05) is 12.1 Å². The van der Waals surface area contributed by atoms with E-state index >= 15 is 0 Å². The first-order valence-electron chi connectivity index (χ1n) is 7.18. The summed E-state index contributed by atoms with van der Waals surface area (Å²) in [4.78, 5) is 8.40. The Kier molecular flexibility index (Phi) is 3.38. The highest BCUT2D eigenvalue weighted by Gasteiger charge is 2.12. The van der Waals surface area contributed by atoms with Crippen LogP contribution in [-0.2, 0) is 0 Å². The van der Waals surface area contributed by atoms with Crippen LogP contribution < -0.4 is 5.32 Å². The number of hydrogen-bond acceptors (Lipinski definition) is 4. The average Bonchev–Trinajstić information content (AvgIpc) is 3.00. The van der Waals surface area contributed by atoms with Crippen molar-refractivity contribution in [1.82, 2.24) is 19.7 Å². The molecule has 0 fully saturated rings. The third kappa shape index (κ3) is 2.56. The molecule has 0 amide bonds. The SMILES string of the molecule is Fc1cccc(Nc2ncnc3c2cnn3-c2cccc(F)c2)c1. The summed E-state index contributed by atoms with van der Waals surface area (Å²) >= 11 is 0. The van der Waals surface area contributed by atoms with Crippen molar-refractivity contribution < 1.29 is 8.78 Å². The van der Waals surface area contributed by atoms with Crippen LogP contribution in [0.25, 0.3) is 16.7 Å². The van der Waals surface area contributed by atoms with Gasteiger partial charge in [0, 0.05) is 5.69 Å². The van der Waals surface area contributed by atoms with Gasteiger partial charge in [0.2, 0.25) is 0 Å². The molecule has 0 aliphatic heterocycles. The van der Waals surface area contributed by atoms with Crippen molar-refractivity contribution in [1.29, 1.82) is 0 Å². The standard InChI is InChI=1S/C17H11F2N5/c18-11-3-1-5-13(7-11)23-16-15-9-22-24(17(15)21-10-20-16)14-6-2-4-12(19)8-14/h1-10H,(H,20,21,23). The van der Waals surface area contributed by atoms with E-state index in [1.807, 2.05) is 0 Å². The predicted octanol–water partition coefficient (Wildman–Crippen LogP) is 3.84. The van der Waals surface area contributed by atoms with Crippen LogP contribution in [0.5, 0.6) is 0 Å². The van der Waals surface area contributed by atoms with Gasteiger partial charge in [0.05, 0.1) is 17.3 Å². The molecule has 1 N–H and O–H groups in total. The molecule has 7 heteroatoms. The van der Waals surface area contributed by atoms with E-state index in [1.54, 1.807) is 30.5 Å². The molecule has 4 aromatic rings. The van der Waals surface area contributed by atoms with Crippen molar-refractivity contribution in [2.75, 3.05) is 5.32 Å². The Morgan fingerprint density at radius 1 is 0.917 bits per heavy atom. The zero-order chi connectivity index (χ0) is 16.5. The Morgan fingerprint density at radius 3 is 2.50 bits per heavy atom. The van der Waals surface area contributed by atoms with Crippen LogP contribution >= 0.6 is 0 Å². The molecule has 0 saturated heterocycles.